The van der Waals surface area contributed by atoms with E-state index in [1.807, 2.05) is 17.0 Å². The molecule has 4 rings (SSSR count). The molecule has 0 atom stereocenters. The van der Waals surface area contributed by atoms with Gasteiger partial charge in [0.15, 0.2) is 11.6 Å². The van der Waals surface area contributed by atoms with Gasteiger partial charge in [-0.05, 0) is 49.1 Å². The van der Waals surface area contributed by atoms with Crippen molar-refractivity contribution in [3.8, 4) is 11.3 Å². The van der Waals surface area contributed by atoms with Crippen LogP contribution >= 0.6 is 0 Å². The topological polar surface area (TPSA) is 37.6 Å². The second kappa shape index (κ2) is 6.86. The molecule has 0 saturated carbocycles. The third-order valence-electron chi connectivity index (χ3n) is 4.82. The number of carbonyl (C=O) groups is 1. The van der Waals surface area contributed by atoms with Crippen molar-refractivity contribution in [2.75, 3.05) is 13.1 Å². The minimum absolute atomic E-state index is 0.122. The number of benzene rings is 1. The van der Waals surface area contributed by atoms with Crippen LogP contribution in [0.25, 0.3) is 16.9 Å². The van der Waals surface area contributed by atoms with E-state index in [4.69, 9.17) is 0 Å². The van der Waals surface area contributed by atoms with Crippen molar-refractivity contribution in [1.82, 2.24) is 14.3 Å². The smallest absolute Gasteiger partial charge is 0.226 e. The Labute approximate surface area is 150 Å². The van der Waals surface area contributed by atoms with Crippen LogP contribution in [-0.4, -0.2) is 33.3 Å². The van der Waals surface area contributed by atoms with Gasteiger partial charge in [-0.15, -0.1) is 0 Å². The van der Waals surface area contributed by atoms with Crippen LogP contribution in [0.3, 0.4) is 0 Å². The van der Waals surface area contributed by atoms with Crippen LogP contribution < -0.4 is 0 Å². The summed E-state index contributed by atoms with van der Waals surface area (Å²) >= 11 is 0. The highest BCUT2D eigenvalue weighted by molar-refractivity contribution is 5.79. The number of fused-ring (bicyclic) bond motifs is 1. The van der Waals surface area contributed by atoms with Crippen LogP contribution in [0.4, 0.5) is 8.78 Å². The van der Waals surface area contributed by atoms with Crippen LogP contribution in [0, 0.1) is 11.6 Å². The number of amides is 1. The molecular weight excluding hydrogens is 336 g/mol. The summed E-state index contributed by atoms with van der Waals surface area (Å²) in [5.41, 5.74) is 1.96. The SMILES string of the molecule is O=C(Cc1ccn2cc(-c3cccc(F)c3F)nc2c1)N1CCCCC1. The molecule has 0 radical (unpaired) electrons. The van der Waals surface area contributed by atoms with E-state index in [1.165, 1.54) is 18.6 Å². The molecule has 0 bridgehead atoms. The van der Waals surface area contributed by atoms with E-state index in [0.29, 0.717) is 17.8 Å². The molecular formula is C20H19F2N3O. The third-order valence-corrected chi connectivity index (χ3v) is 4.82. The molecule has 2 aromatic heterocycles. The first-order valence-electron chi connectivity index (χ1n) is 8.81. The summed E-state index contributed by atoms with van der Waals surface area (Å²) in [6, 6.07) is 7.73. The summed E-state index contributed by atoms with van der Waals surface area (Å²) < 4.78 is 29.2. The summed E-state index contributed by atoms with van der Waals surface area (Å²) in [7, 11) is 0. The van der Waals surface area contributed by atoms with Crippen LogP contribution in [0.2, 0.25) is 0 Å². The molecule has 26 heavy (non-hydrogen) atoms. The number of hydrogen-bond acceptors (Lipinski definition) is 2. The van der Waals surface area contributed by atoms with Crippen molar-refractivity contribution in [2.45, 2.75) is 25.7 Å². The van der Waals surface area contributed by atoms with Crippen molar-refractivity contribution in [2.24, 2.45) is 0 Å². The second-order valence-electron chi connectivity index (χ2n) is 6.65. The van der Waals surface area contributed by atoms with Gasteiger partial charge < -0.3 is 9.30 Å². The van der Waals surface area contributed by atoms with E-state index in [1.54, 1.807) is 16.8 Å². The lowest BCUT2D eigenvalue weighted by atomic mass is 10.1. The minimum atomic E-state index is -0.906. The second-order valence-corrected chi connectivity index (χ2v) is 6.65. The predicted octanol–water partition coefficient (Wildman–Crippen LogP) is 3.83. The van der Waals surface area contributed by atoms with Crippen molar-refractivity contribution >= 4 is 11.6 Å². The first kappa shape index (κ1) is 16.7. The Morgan fingerprint density at radius 1 is 1.12 bits per heavy atom. The minimum Gasteiger partial charge on any atom is -0.342 e. The summed E-state index contributed by atoms with van der Waals surface area (Å²) in [5.74, 6) is -1.68. The fourth-order valence-electron chi connectivity index (χ4n) is 3.40. The normalized spacial score (nSPS) is 14.8. The van der Waals surface area contributed by atoms with Gasteiger partial charge >= 0.3 is 0 Å². The quantitative estimate of drug-likeness (QED) is 0.716. The van der Waals surface area contributed by atoms with Gasteiger partial charge in [0.2, 0.25) is 5.91 Å². The van der Waals surface area contributed by atoms with E-state index < -0.39 is 11.6 Å². The standard InChI is InChI=1S/C20H19F2N3O/c21-16-6-4-5-15(20(16)22)17-13-25-10-7-14(11-18(25)23-17)12-19(26)24-8-2-1-3-9-24/h4-7,10-11,13H,1-3,8-9,12H2. The van der Waals surface area contributed by atoms with Gasteiger partial charge in [-0.1, -0.05) is 6.07 Å². The largest absolute Gasteiger partial charge is 0.342 e. The molecule has 0 spiro atoms. The Morgan fingerprint density at radius 2 is 1.92 bits per heavy atom. The molecule has 1 aromatic carbocycles. The molecule has 0 aliphatic carbocycles. The highest BCUT2D eigenvalue weighted by atomic mass is 19.2. The van der Waals surface area contributed by atoms with Gasteiger partial charge in [-0.3, -0.25) is 4.79 Å². The van der Waals surface area contributed by atoms with E-state index in [-0.39, 0.29) is 11.5 Å². The van der Waals surface area contributed by atoms with Gasteiger partial charge in [-0.25, -0.2) is 13.8 Å². The lowest BCUT2D eigenvalue weighted by Gasteiger charge is -2.26. The van der Waals surface area contributed by atoms with Gasteiger partial charge in [0.05, 0.1) is 12.1 Å². The number of hydrogen-bond donors (Lipinski definition) is 0. The first-order valence-corrected chi connectivity index (χ1v) is 8.81. The fraction of sp³-hybridized carbons (Fsp3) is 0.300. The average Bonchev–Trinajstić information content (AvgIpc) is 3.07. The summed E-state index contributed by atoms with van der Waals surface area (Å²) in [5, 5.41) is 0. The maximum Gasteiger partial charge on any atom is 0.226 e. The number of aromatic nitrogens is 2. The average molecular weight is 355 g/mol. The van der Waals surface area contributed by atoms with Gasteiger partial charge in [0, 0.05) is 31.0 Å². The Hall–Kier alpha value is -2.76. The molecule has 3 aromatic rings. The number of imidazole rings is 1. The van der Waals surface area contributed by atoms with Crippen molar-refractivity contribution in [1.29, 1.82) is 0 Å². The Balaban J connectivity index is 1.59. The zero-order valence-electron chi connectivity index (χ0n) is 14.3. The zero-order chi connectivity index (χ0) is 18.1. The highest BCUT2D eigenvalue weighted by Gasteiger charge is 2.17. The van der Waals surface area contributed by atoms with Crippen LogP contribution in [0.5, 0.6) is 0 Å². The van der Waals surface area contributed by atoms with Crippen LogP contribution in [0.1, 0.15) is 24.8 Å². The number of carbonyl (C=O) groups excluding carboxylic acids is 1. The van der Waals surface area contributed by atoms with E-state index in [0.717, 1.165) is 37.6 Å². The van der Waals surface area contributed by atoms with E-state index >= 15 is 0 Å². The van der Waals surface area contributed by atoms with Gasteiger partial charge in [-0.2, -0.15) is 0 Å². The van der Waals surface area contributed by atoms with Crippen LogP contribution in [0.15, 0.2) is 42.7 Å². The predicted molar refractivity (Wildman–Crippen MR) is 94.7 cm³/mol. The lowest BCUT2D eigenvalue weighted by molar-refractivity contribution is -0.131. The van der Waals surface area contributed by atoms with Crippen molar-refractivity contribution < 1.29 is 13.6 Å². The molecule has 1 aliphatic rings. The Bertz CT molecular complexity index is 961. The lowest BCUT2D eigenvalue weighted by Crippen LogP contribution is -2.36. The maximum atomic E-state index is 14.0. The molecule has 6 heteroatoms. The summed E-state index contributed by atoms with van der Waals surface area (Å²) in [6.45, 7) is 1.65. The molecule has 0 unspecified atom stereocenters. The number of pyridine rings is 1. The first-order chi connectivity index (χ1) is 12.6. The Kier molecular flexibility index (Phi) is 4.41. The van der Waals surface area contributed by atoms with Gasteiger partial charge in [0.1, 0.15) is 5.65 Å². The molecule has 1 fully saturated rings. The molecule has 1 aliphatic heterocycles. The molecule has 1 amide bonds. The highest BCUT2D eigenvalue weighted by Crippen LogP contribution is 2.24. The molecule has 3 heterocycles. The molecule has 1 saturated heterocycles. The van der Waals surface area contributed by atoms with E-state index in [2.05, 4.69) is 4.98 Å². The fourth-order valence-corrected chi connectivity index (χ4v) is 3.40. The number of nitrogens with zero attached hydrogens (tertiary/aromatic N) is 3. The molecule has 0 N–H and O–H groups in total. The van der Waals surface area contributed by atoms with Gasteiger partial charge in [0.25, 0.3) is 0 Å². The van der Waals surface area contributed by atoms with Crippen molar-refractivity contribution in [3.05, 3.63) is 59.9 Å². The zero-order valence-corrected chi connectivity index (χ0v) is 14.3. The number of rotatable bonds is 3. The summed E-state index contributed by atoms with van der Waals surface area (Å²) in [6.07, 6.45) is 7.09. The number of halogens is 2. The Morgan fingerprint density at radius 3 is 2.73 bits per heavy atom. The third kappa shape index (κ3) is 3.19. The summed E-state index contributed by atoms with van der Waals surface area (Å²) in [4.78, 5) is 18.7. The van der Waals surface area contributed by atoms with E-state index in [9.17, 15) is 13.6 Å². The number of piperidine rings is 1. The monoisotopic (exact) mass is 355 g/mol. The molecule has 134 valence electrons. The maximum absolute atomic E-state index is 14.0. The van der Waals surface area contributed by atoms with Crippen LogP contribution in [-0.2, 0) is 11.2 Å². The molecule has 4 nitrogen and oxygen atoms in total. The van der Waals surface area contributed by atoms with Crippen molar-refractivity contribution in [3.63, 3.8) is 0 Å². The number of likely N-dealkylation sites (tertiary alicyclic amines) is 1.